The number of hydrogen-bond acceptors (Lipinski definition) is 5. The van der Waals surface area contributed by atoms with E-state index in [2.05, 4.69) is 34.6 Å². The van der Waals surface area contributed by atoms with Gasteiger partial charge in [-0.25, -0.2) is 4.98 Å². The number of benzene rings is 3. The highest BCUT2D eigenvalue weighted by atomic mass is 35.5. The smallest absolute Gasteiger partial charge is 0.204 e. The minimum absolute atomic E-state index is 0.306. The predicted octanol–water partition coefficient (Wildman–Crippen LogP) is 7.45. The molecule has 0 spiro atoms. The van der Waals surface area contributed by atoms with Crippen molar-refractivity contribution in [3.63, 3.8) is 0 Å². The van der Waals surface area contributed by atoms with Gasteiger partial charge in [-0.05, 0) is 48.9 Å². The third-order valence-corrected chi connectivity index (χ3v) is 6.13. The average molecular weight is 468 g/mol. The van der Waals surface area contributed by atoms with E-state index in [0.29, 0.717) is 16.7 Å². The molecule has 4 aromatic rings. The molecule has 0 aliphatic rings. The number of halogens is 2. The summed E-state index contributed by atoms with van der Waals surface area (Å²) in [6, 6.07) is 23.1. The molecule has 7 heteroatoms. The lowest BCUT2D eigenvalue weighted by Gasteiger charge is -2.09. The first-order valence-electron chi connectivity index (χ1n) is 9.58. The van der Waals surface area contributed by atoms with Gasteiger partial charge in [-0.1, -0.05) is 59.6 Å². The van der Waals surface area contributed by atoms with Crippen molar-refractivity contribution in [3.05, 3.63) is 98.8 Å². The molecule has 4 nitrogen and oxygen atoms in total. The highest BCUT2D eigenvalue weighted by molar-refractivity contribution is 7.16. The third-order valence-electron chi connectivity index (χ3n) is 4.54. The largest absolute Gasteiger partial charge is 0.489 e. The number of aromatic nitrogens is 1. The molecule has 31 heavy (non-hydrogen) atoms. The van der Waals surface area contributed by atoms with Gasteiger partial charge in [0.2, 0.25) is 5.13 Å². The van der Waals surface area contributed by atoms with Crippen LogP contribution in [0.4, 0.5) is 5.13 Å². The maximum atomic E-state index is 6.18. The standard InChI is InChI=1S/C24H19Cl2N3OS/c1-16-23(18-6-3-2-4-7-18)28-24(31-16)29-27-14-17-10-12-19(13-11-17)30-15-20-21(25)8-5-9-22(20)26/h2-14H,15H2,1H3,(H,28,29)/b27-14-. The van der Waals surface area contributed by atoms with Crippen LogP contribution < -0.4 is 10.2 Å². The lowest BCUT2D eigenvalue weighted by Crippen LogP contribution is -1.97. The molecule has 0 saturated carbocycles. The fraction of sp³-hybridized carbons (Fsp3) is 0.0833. The van der Waals surface area contributed by atoms with Gasteiger partial charge >= 0.3 is 0 Å². The normalized spacial score (nSPS) is 11.1. The summed E-state index contributed by atoms with van der Waals surface area (Å²) in [6.07, 6.45) is 1.74. The molecule has 1 heterocycles. The summed E-state index contributed by atoms with van der Waals surface area (Å²) >= 11 is 13.9. The van der Waals surface area contributed by atoms with Crippen LogP contribution in [0.15, 0.2) is 77.9 Å². The third kappa shape index (κ3) is 5.44. The van der Waals surface area contributed by atoms with Gasteiger partial charge in [-0.15, -0.1) is 11.3 Å². The number of ether oxygens (including phenoxy) is 1. The number of aryl methyl sites for hydroxylation is 1. The molecule has 156 valence electrons. The van der Waals surface area contributed by atoms with E-state index in [1.807, 2.05) is 48.5 Å². The second-order valence-electron chi connectivity index (χ2n) is 6.72. The zero-order chi connectivity index (χ0) is 21.6. The predicted molar refractivity (Wildman–Crippen MR) is 131 cm³/mol. The van der Waals surface area contributed by atoms with E-state index in [4.69, 9.17) is 27.9 Å². The van der Waals surface area contributed by atoms with Gasteiger partial charge in [0, 0.05) is 26.0 Å². The summed E-state index contributed by atoms with van der Waals surface area (Å²) in [4.78, 5) is 5.79. The molecule has 1 N–H and O–H groups in total. The van der Waals surface area contributed by atoms with Crippen molar-refractivity contribution in [1.82, 2.24) is 4.98 Å². The number of thiazole rings is 1. The van der Waals surface area contributed by atoms with Gasteiger partial charge in [0.25, 0.3) is 0 Å². The van der Waals surface area contributed by atoms with E-state index in [1.165, 1.54) is 0 Å². The summed E-state index contributed by atoms with van der Waals surface area (Å²) in [6.45, 7) is 2.37. The molecule has 0 saturated heterocycles. The maximum absolute atomic E-state index is 6.18. The minimum Gasteiger partial charge on any atom is -0.489 e. The van der Waals surface area contributed by atoms with Crippen molar-refractivity contribution in [3.8, 4) is 17.0 Å². The summed E-state index contributed by atoms with van der Waals surface area (Å²) in [5.74, 6) is 0.726. The van der Waals surface area contributed by atoms with Gasteiger partial charge in [0.15, 0.2) is 0 Å². The average Bonchev–Trinajstić information content (AvgIpc) is 3.15. The van der Waals surface area contributed by atoms with E-state index in [9.17, 15) is 0 Å². The molecule has 0 fully saturated rings. The number of nitrogens with one attached hydrogen (secondary N) is 1. The van der Waals surface area contributed by atoms with Crippen molar-refractivity contribution in [2.24, 2.45) is 5.10 Å². The summed E-state index contributed by atoms with van der Waals surface area (Å²) in [7, 11) is 0. The van der Waals surface area contributed by atoms with E-state index < -0.39 is 0 Å². The van der Waals surface area contributed by atoms with Crippen molar-refractivity contribution < 1.29 is 4.74 Å². The SMILES string of the molecule is Cc1sc(N/N=C\c2ccc(OCc3c(Cl)cccc3Cl)cc2)nc1-c1ccccc1. The Bertz CT molecular complexity index is 1170. The highest BCUT2D eigenvalue weighted by Gasteiger charge is 2.09. The van der Waals surface area contributed by atoms with Crippen molar-refractivity contribution in [2.45, 2.75) is 13.5 Å². The topological polar surface area (TPSA) is 46.5 Å². The van der Waals surface area contributed by atoms with Crippen LogP contribution in [0.25, 0.3) is 11.3 Å². The summed E-state index contributed by atoms with van der Waals surface area (Å²) in [5.41, 5.74) is 6.80. The Balaban J connectivity index is 1.35. The Morgan fingerprint density at radius 1 is 0.968 bits per heavy atom. The molecule has 0 bridgehead atoms. The number of hydrogen-bond donors (Lipinski definition) is 1. The van der Waals surface area contributed by atoms with Crippen LogP contribution in [-0.4, -0.2) is 11.2 Å². The van der Waals surface area contributed by atoms with Crippen LogP contribution in [0.2, 0.25) is 10.0 Å². The molecule has 0 aliphatic carbocycles. The Morgan fingerprint density at radius 3 is 2.39 bits per heavy atom. The van der Waals surface area contributed by atoms with Gasteiger partial charge < -0.3 is 4.74 Å². The van der Waals surface area contributed by atoms with Crippen LogP contribution in [0.3, 0.4) is 0 Å². The molecule has 4 rings (SSSR count). The molecule has 1 aromatic heterocycles. The maximum Gasteiger partial charge on any atom is 0.204 e. The summed E-state index contributed by atoms with van der Waals surface area (Å²) in [5, 5.41) is 6.24. The van der Waals surface area contributed by atoms with E-state index >= 15 is 0 Å². The van der Waals surface area contributed by atoms with Gasteiger partial charge in [0.1, 0.15) is 12.4 Å². The Hall–Kier alpha value is -2.86. The molecule has 0 atom stereocenters. The number of rotatable bonds is 7. The molecular weight excluding hydrogens is 449 g/mol. The Labute approximate surface area is 195 Å². The van der Waals surface area contributed by atoms with Crippen molar-refractivity contribution in [1.29, 1.82) is 0 Å². The van der Waals surface area contributed by atoms with Crippen molar-refractivity contribution >= 4 is 45.9 Å². The van der Waals surface area contributed by atoms with Crippen molar-refractivity contribution in [2.75, 3.05) is 5.43 Å². The first-order valence-corrected chi connectivity index (χ1v) is 11.1. The van der Waals surface area contributed by atoms with Gasteiger partial charge in [0.05, 0.1) is 11.9 Å². The molecule has 3 aromatic carbocycles. The second kappa shape index (κ2) is 9.96. The van der Waals surface area contributed by atoms with Crippen LogP contribution >= 0.6 is 34.5 Å². The highest BCUT2D eigenvalue weighted by Crippen LogP contribution is 2.30. The van der Waals surface area contributed by atoms with E-state index in [-0.39, 0.29) is 0 Å². The first-order chi connectivity index (χ1) is 15.1. The molecule has 0 unspecified atom stereocenters. The Kier molecular flexibility index (Phi) is 6.87. The minimum atomic E-state index is 0.306. The Morgan fingerprint density at radius 2 is 1.68 bits per heavy atom. The molecule has 0 radical (unpaired) electrons. The second-order valence-corrected chi connectivity index (χ2v) is 8.74. The molecular formula is C24H19Cl2N3OS. The fourth-order valence-corrected chi connectivity index (χ4v) is 4.24. The number of nitrogens with zero attached hydrogens (tertiary/aromatic N) is 2. The first kappa shape index (κ1) is 21.4. The quantitative estimate of drug-likeness (QED) is 0.226. The lowest BCUT2D eigenvalue weighted by atomic mass is 10.1. The lowest BCUT2D eigenvalue weighted by molar-refractivity contribution is 0.306. The molecule has 0 amide bonds. The zero-order valence-electron chi connectivity index (χ0n) is 16.7. The fourth-order valence-electron chi connectivity index (χ4n) is 2.95. The van der Waals surface area contributed by atoms with E-state index in [0.717, 1.165) is 38.1 Å². The van der Waals surface area contributed by atoms with Gasteiger partial charge in [-0.3, -0.25) is 5.43 Å². The zero-order valence-corrected chi connectivity index (χ0v) is 19.0. The monoisotopic (exact) mass is 467 g/mol. The number of anilines is 1. The molecule has 0 aliphatic heterocycles. The van der Waals surface area contributed by atoms with Crippen LogP contribution in [-0.2, 0) is 6.61 Å². The van der Waals surface area contributed by atoms with Gasteiger partial charge in [-0.2, -0.15) is 5.10 Å². The van der Waals surface area contributed by atoms with E-state index in [1.54, 1.807) is 29.7 Å². The number of hydrazone groups is 1. The summed E-state index contributed by atoms with van der Waals surface area (Å²) < 4.78 is 5.80. The van der Waals surface area contributed by atoms with Crippen LogP contribution in [0.1, 0.15) is 16.0 Å². The van der Waals surface area contributed by atoms with Crippen LogP contribution in [0, 0.1) is 6.92 Å². The van der Waals surface area contributed by atoms with Crippen LogP contribution in [0.5, 0.6) is 5.75 Å².